The van der Waals surface area contributed by atoms with Crippen molar-refractivity contribution in [2.24, 2.45) is 0 Å². The third-order valence-corrected chi connectivity index (χ3v) is 4.92. The summed E-state index contributed by atoms with van der Waals surface area (Å²) in [6, 6.07) is 3.73. The number of likely N-dealkylation sites (tertiary alicyclic amines) is 1. The topological polar surface area (TPSA) is 75.4 Å². The Bertz CT molecular complexity index is 859. The summed E-state index contributed by atoms with van der Waals surface area (Å²) < 4.78 is 31.9. The van der Waals surface area contributed by atoms with Crippen molar-refractivity contribution in [1.82, 2.24) is 10.1 Å². The van der Waals surface area contributed by atoms with Crippen LogP contribution in [0.3, 0.4) is 0 Å². The van der Waals surface area contributed by atoms with Gasteiger partial charge >= 0.3 is 0 Å². The van der Waals surface area contributed by atoms with Crippen LogP contribution in [0.1, 0.15) is 54.3 Å². The van der Waals surface area contributed by atoms with Gasteiger partial charge in [0, 0.05) is 30.3 Å². The third-order valence-electron chi connectivity index (χ3n) is 4.92. The van der Waals surface area contributed by atoms with Gasteiger partial charge in [-0.15, -0.1) is 0 Å². The summed E-state index contributed by atoms with van der Waals surface area (Å²) in [7, 11) is 0. The van der Waals surface area contributed by atoms with Gasteiger partial charge in [0.1, 0.15) is 23.4 Å². The highest BCUT2D eigenvalue weighted by Crippen LogP contribution is 2.40. The van der Waals surface area contributed by atoms with E-state index in [4.69, 9.17) is 4.52 Å². The smallest absolute Gasteiger partial charge is 0.276 e. The molecule has 6 nitrogen and oxygen atoms in total. The number of hydrogen-bond acceptors (Lipinski definition) is 4. The second kappa shape index (κ2) is 7.09. The quantitative estimate of drug-likeness (QED) is 0.888. The van der Waals surface area contributed by atoms with Gasteiger partial charge in [-0.2, -0.15) is 0 Å². The normalized spacial score (nSPS) is 19.8. The summed E-state index contributed by atoms with van der Waals surface area (Å²) in [6.07, 6.45) is 4.09. The number of piperidine rings is 1. The van der Waals surface area contributed by atoms with Gasteiger partial charge in [0.2, 0.25) is 5.91 Å². The molecule has 0 spiro atoms. The minimum absolute atomic E-state index is 0.0212. The molecule has 1 aliphatic heterocycles. The number of aromatic nitrogens is 1. The van der Waals surface area contributed by atoms with Crippen molar-refractivity contribution in [1.29, 1.82) is 0 Å². The highest BCUT2D eigenvalue weighted by molar-refractivity contribution is 6.00. The molecule has 2 aliphatic rings. The third kappa shape index (κ3) is 3.84. The number of carbonyl (C=O) groups is 2. The minimum atomic E-state index is -0.780. The predicted molar refractivity (Wildman–Crippen MR) is 92.1 cm³/mol. The molecular formula is C19H19F2N3O3. The maximum absolute atomic E-state index is 13.3. The summed E-state index contributed by atoms with van der Waals surface area (Å²) in [6.45, 7) is 0.417. The summed E-state index contributed by atoms with van der Waals surface area (Å²) in [5, 5.41) is 6.36. The average molecular weight is 375 g/mol. The highest BCUT2D eigenvalue weighted by Gasteiger charge is 2.35. The SMILES string of the molecule is O=C(Nc1cc(F)cc(F)c1)C1CCCCN1C(=O)c1cc(C2CC2)on1. The van der Waals surface area contributed by atoms with E-state index >= 15 is 0 Å². The van der Waals surface area contributed by atoms with Gasteiger partial charge in [-0.1, -0.05) is 5.16 Å². The van der Waals surface area contributed by atoms with Crippen molar-refractivity contribution in [2.45, 2.75) is 44.1 Å². The van der Waals surface area contributed by atoms with E-state index in [0.717, 1.165) is 43.9 Å². The highest BCUT2D eigenvalue weighted by atomic mass is 19.1. The molecular weight excluding hydrogens is 356 g/mol. The molecule has 27 heavy (non-hydrogen) atoms. The molecule has 2 fully saturated rings. The lowest BCUT2D eigenvalue weighted by Gasteiger charge is -2.34. The van der Waals surface area contributed by atoms with Gasteiger partial charge in [-0.05, 0) is 44.2 Å². The molecule has 1 aromatic carbocycles. The monoisotopic (exact) mass is 375 g/mol. The second-order valence-corrected chi connectivity index (χ2v) is 7.05. The van der Waals surface area contributed by atoms with E-state index in [1.165, 1.54) is 4.90 Å². The Morgan fingerprint density at radius 1 is 1.07 bits per heavy atom. The van der Waals surface area contributed by atoms with Gasteiger partial charge in [-0.3, -0.25) is 9.59 Å². The van der Waals surface area contributed by atoms with Crippen LogP contribution in [-0.2, 0) is 4.79 Å². The van der Waals surface area contributed by atoms with Crippen LogP contribution in [0.5, 0.6) is 0 Å². The first-order valence-corrected chi connectivity index (χ1v) is 9.06. The van der Waals surface area contributed by atoms with Crippen LogP contribution in [0.15, 0.2) is 28.8 Å². The molecule has 1 aromatic heterocycles. The first kappa shape index (κ1) is 17.6. The lowest BCUT2D eigenvalue weighted by Crippen LogP contribution is -2.50. The first-order valence-electron chi connectivity index (χ1n) is 9.06. The van der Waals surface area contributed by atoms with Gasteiger partial charge < -0.3 is 14.7 Å². The number of rotatable bonds is 4. The molecule has 8 heteroatoms. The molecule has 4 rings (SSSR count). The van der Waals surface area contributed by atoms with Gasteiger partial charge in [0.05, 0.1) is 0 Å². The maximum Gasteiger partial charge on any atom is 0.276 e. The van der Waals surface area contributed by atoms with E-state index in [2.05, 4.69) is 10.5 Å². The predicted octanol–water partition coefficient (Wildman–Crippen LogP) is 3.46. The van der Waals surface area contributed by atoms with Crippen molar-refractivity contribution in [3.63, 3.8) is 0 Å². The Morgan fingerprint density at radius 2 is 1.81 bits per heavy atom. The van der Waals surface area contributed by atoms with E-state index in [-0.39, 0.29) is 17.3 Å². The molecule has 142 valence electrons. The zero-order valence-electron chi connectivity index (χ0n) is 14.6. The lowest BCUT2D eigenvalue weighted by atomic mass is 10.0. The Balaban J connectivity index is 1.50. The van der Waals surface area contributed by atoms with Crippen LogP contribution in [0, 0.1) is 11.6 Å². The van der Waals surface area contributed by atoms with Crippen LogP contribution in [0.2, 0.25) is 0 Å². The van der Waals surface area contributed by atoms with E-state index in [1.807, 2.05) is 0 Å². The van der Waals surface area contributed by atoms with Crippen LogP contribution in [0.4, 0.5) is 14.5 Å². The summed E-state index contributed by atoms with van der Waals surface area (Å²) in [5.74, 6) is -1.36. The zero-order chi connectivity index (χ0) is 19.0. The van der Waals surface area contributed by atoms with E-state index in [0.29, 0.717) is 24.6 Å². The minimum Gasteiger partial charge on any atom is -0.360 e. The fourth-order valence-corrected chi connectivity index (χ4v) is 3.40. The second-order valence-electron chi connectivity index (χ2n) is 7.05. The maximum atomic E-state index is 13.3. The van der Waals surface area contributed by atoms with Crippen molar-refractivity contribution in [3.8, 4) is 0 Å². The largest absolute Gasteiger partial charge is 0.360 e. The fraction of sp³-hybridized carbons (Fsp3) is 0.421. The Kier molecular flexibility index (Phi) is 4.63. The number of nitrogens with zero attached hydrogens (tertiary/aromatic N) is 2. The lowest BCUT2D eigenvalue weighted by molar-refractivity contribution is -0.121. The Morgan fingerprint density at radius 3 is 2.52 bits per heavy atom. The fourth-order valence-electron chi connectivity index (χ4n) is 3.40. The molecule has 0 radical (unpaired) electrons. The molecule has 1 saturated heterocycles. The molecule has 2 heterocycles. The standard InChI is InChI=1S/C19H19F2N3O3/c20-12-7-13(21)9-14(8-12)22-18(25)16-3-1-2-6-24(16)19(26)15-10-17(27-23-15)11-4-5-11/h7-11,16H,1-6H2,(H,22,25). The number of hydrogen-bond donors (Lipinski definition) is 1. The molecule has 1 aliphatic carbocycles. The van der Waals surface area contributed by atoms with Crippen LogP contribution in [0.25, 0.3) is 0 Å². The Labute approximate surface area is 154 Å². The molecule has 1 atom stereocenters. The summed E-state index contributed by atoms with van der Waals surface area (Å²) >= 11 is 0. The van der Waals surface area contributed by atoms with Gasteiger partial charge in [-0.25, -0.2) is 8.78 Å². The zero-order valence-corrected chi connectivity index (χ0v) is 14.6. The molecule has 1 saturated carbocycles. The van der Waals surface area contributed by atoms with E-state index in [1.54, 1.807) is 6.07 Å². The molecule has 1 N–H and O–H groups in total. The van der Waals surface area contributed by atoms with Gasteiger partial charge in [0.25, 0.3) is 5.91 Å². The van der Waals surface area contributed by atoms with Crippen LogP contribution < -0.4 is 5.32 Å². The van der Waals surface area contributed by atoms with Crippen molar-refractivity contribution < 1.29 is 22.9 Å². The Hall–Kier alpha value is -2.77. The molecule has 2 amide bonds. The number of nitrogens with one attached hydrogen (secondary N) is 1. The number of amides is 2. The summed E-state index contributed by atoms with van der Waals surface area (Å²) in [5.41, 5.74) is 0.210. The molecule has 0 bridgehead atoms. The van der Waals surface area contributed by atoms with Gasteiger partial charge in [0.15, 0.2) is 5.69 Å². The number of anilines is 1. The van der Waals surface area contributed by atoms with Crippen LogP contribution >= 0.6 is 0 Å². The number of carbonyl (C=O) groups excluding carboxylic acids is 2. The molecule has 1 unspecified atom stereocenters. The first-order chi connectivity index (χ1) is 13.0. The number of benzene rings is 1. The van der Waals surface area contributed by atoms with Crippen LogP contribution in [-0.4, -0.2) is 34.5 Å². The van der Waals surface area contributed by atoms with E-state index in [9.17, 15) is 18.4 Å². The van der Waals surface area contributed by atoms with Crippen molar-refractivity contribution in [2.75, 3.05) is 11.9 Å². The molecule has 2 aromatic rings. The van der Waals surface area contributed by atoms with E-state index < -0.39 is 23.6 Å². The number of halogens is 2. The van der Waals surface area contributed by atoms with Crippen molar-refractivity contribution in [3.05, 3.63) is 47.4 Å². The average Bonchev–Trinajstić information content (AvgIpc) is 3.37. The van der Waals surface area contributed by atoms with Crippen molar-refractivity contribution >= 4 is 17.5 Å². The summed E-state index contributed by atoms with van der Waals surface area (Å²) in [4.78, 5) is 27.0.